The predicted molar refractivity (Wildman–Crippen MR) is 68.9 cm³/mol. The van der Waals surface area contributed by atoms with Gasteiger partial charge < -0.3 is 4.74 Å². The molecule has 0 aliphatic heterocycles. The number of aldehydes is 1. The molecule has 0 aliphatic rings. The summed E-state index contributed by atoms with van der Waals surface area (Å²) in [4.78, 5) is 14.5. The van der Waals surface area contributed by atoms with E-state index in [1.54, 1.807) is 24.3 Å². The highest BCUT2D eigenvalue weighted by Crippen LogP contribution is 2.31. The molecule has 2 aromatic rings. The lowest BCUT2D eigenvalue weighted by molar-refractivity contribution is 0.112. The average Bonchev–Trinajstić information content (AvgIpc) is 2.33. The summed E-state index contributed by atoms with van der Waals surface area (Å²) in [7, 11) is 0. The lowest BCUT2D eigenvalue weighted by Crippen LogP contribution is -1.89. The topological polar surface area (TPSA) is 39.2 Å². The molecule has 17 heavy (non-hydrogen) atoms. The Morgan fingerprint density at radius 2 is 2.12 bits per heavy atom. The first-order chi connectivity index (χ1) is 8.19. The van der Waals surface area contributed by atoms with Crippen LogP contribution in [0.5, 0.6) is 11.5 Å². The Balaban J connectivity index is 2.27. The molecule has 0 atom stereocenters. The molecule has 86 valence electrons. The summed E-state index contributed by atoms with van der Waals surface area (Å²) in [5, 5.41) is 0.615. The van der Waals surface area contributed by atoms with Crippen LogP contribution in [0.2, 0.25) is 5.02 Å². The number of carbonyl (C=O) groups excluding carboxylic acids is 1. The molecule has 0 amide bonds. The number of aromatic nitrogens is 1. The lowest BCUT2D eigenvalue weighted by Gasteiger charge is -2.07. The zero-order valence-corrected chi connectivity index (χ0v) is 10.9. The van der Waals surface area contributed by atoms with Crippen molar-refractivity contribution in [3.8, 4) is 11.5 Å². The Labute approximate surface area is 112 Å². The maximum Gasteiger partial charge on any atom is 0.151 e. The van der Waals surface area contributed by atoms with Crippen LogP contribution in [0.25, 0.3) is 0 Å². The van der Waals surface area contributed by atoms with Gasteiger partial charge in [-0.1, -0.05) is 11.6 Å². The summed E-state index contributed by atoms with van der Waals surface area (Å²) in [5.74, 6) is 1.11. The van der Waals surface area contributed by atoms with Crippen molar-refractivity contribution in [1.82, 2.24) is 4.98 Å². The van der Waals surface area contributed by atoms with Gasteiger partial charge in [0.1, 0.15) is 11.5 Å². The van der Waals surface area contributed by atoms with Crippen molar-refractivity contribution in [2.45, 2.75) is 0 Å². The quantitative estimate of drug-likeness (QED) is 0.801. The Morgan fingerprint density at radius 3 is 2.82 bits per heavy atom. The second-order valence-corrected chi connectivity index (χ2v) is 4.54. The summed E-state index contributed by atoms with van der Waals surface area (Å²) in [6.45, 7) is 0. The minimum absolute atomic E-state index is 0.465. The van der Waals surface area contributed by atoms with Gasteiger partial charge in [-0.25, -0.2) is 0 Å². The highest BCUT2D eigenvalue weighted by atomic mass is 79.9. The first kappa shape index (κ1) is 12.1. The van der Waals surface area contributed by atoms with Gasteiger partial charge in [-0.15, -0.1) is 0 Å². The third-order valence-corrected chi connectivity index (χ3v) is 2.85. The summed E-state index contributed by atoms with van der Waals surface area (Å²) in [6.07, 6.45) is 3.72. The number of carbonyl (C=O) groups is 1. The number of ether oxygens (including phenoxy) is 1. The normalized spacial score (nSPS) is 10.0. The molecule has 2 rings (SSSR count). The van der Waals surface area contributed by atoms with E-state index in [4.69, 9.17) is 16.3 Å². The van der Waals surface area contributed by atoms with Crippen molar-refractivity contribution >= 4 is 33.8 Å². The average molecular weight is 313 g/mol. The number of halogens is 2. The predicted octanol–water partition coefficient (Wildman–Crippen LogP) is 4.10. The van der Waals surface area contributed by atoms with Gasteiger partial charge in [-0.3, -0.25) is 9.78 Å². The van der Waals surface area contributed by atoms with Crippen LogP contribution in [0.1, 0.15) is 10.4 Å². The van der Waals surface area contributed by atoms with E-state index in [9.17, 15) is 4.79 Å². The molecular weight excluding hydrogens is 305 g/mol. The van der Waals surface area contributed by atoms with Crippen LogP contribution in [0.3, 0.4) is 0 Å². The van der Waals surface area contributed by atoms with Crippen molar-refractivity contribution in [3.05, 3.63) is 51.7 Å². The van der Waals surface area contributed by atoms with Gasteiger partial charge in [0.2, 0.25) is 0 Å². The molecule has 0 fully saturated rings. The molecular formula is C12H7BrClNO2. The summed E-state index contributed by atoms with van der Waals surface area (Å²) < 4.78 is 6.32. The van der Waals surface area contributed by atoms with E-state index in [0.717, 1.165) is 10.8 Å². The highest BCUT2D eigenvalue weighted by molar-refractivity contribution is 9.10. The molecule has 0 bridgehead atoms. The first-order valence-corrected chi connectivity index (χ1v) is 5.89. The molecule has 5 heteroatoms. The molecule has 0 saturated carbocycles. The summed E-state index contributed by atoms with van der Waals surface area (Å²) in [5.41, 5.74) is 0.465. The number of benzene rings is 1. The number of nitrogens with zero attached hydrogens (tertiary/aromatic N) is 1. The van der Waals surface area contributed by atoms with E-state index >= 15 is 0 Å². The van der Waals surface area contributed by atoms with Crippen molar-refractivity contribution < 1.29 is 9.53 Å². The Hall–Kier alpha value is -1.39. The molecule has 0 N–H and O–H groups in total. The fourth-order valence-electron chi connectivity index (χ4n) is 1.24. The van der Waals surface area contributed by atoms with Gasteiger partial charge in [0, 0.05) is 16.8 Å². The van der Waals surface area contributed by atoms with E-state index in [1.807, 2.05) is 0 Å². The number of hydrogen-bond acceptors (Lipinski definition) is 3. The Kier molecular flexibility index (Phi) is 3.76. The van der Waals surface area contributed by atoms with Crippen LogP contribution >= 0.6 is 27.5 Å². The van der Waals surface area contributed by atoms with Crippen molar-refractivity contribution in [3.63, 3.8) is 0 Å². The van der Waals surface area contributed by atoms with Gasteiger partial charge in [0.15, 0.2) is 6.29 Å². The molecule has 0 aliphatic carbocycles. The van der Waals surface area contributed by atoms with E-state index in [2.05, 4.69) is 20.9 Å². The zero-order chi connectivity index (χ0) is 12.3. The third-order valence-electron chi connectivity index (χ3n) is 1.99. The minimum atomic E-state index is 0.465. The van der Waals surface area contributed by atoms with Crippen LogP contribution in [-0.2, 0) is 0 Å². The Bertz CT molecular complexity index is 560. The highest BCUT2D eigenvalue weighted by Gasteiger charge is 2.04. The second kappa shape index (κ2) is 5.29. The molecule has 0 unspecified atom stereocenters. The van der Waals surface area contributed by atoms with Crippen molar-refractivity contribution in [2.75, 3.05) is 0 Å². The molecule has 0 spiro atoms. The maximum absolute atomic E-state index is 10.6. The van der Waals surface area contributed by atoms with E-state index in [0.29, 0.717) is 22.1 Å². The molecule has 1 aromatic carbocycles. The molecule has 0 radical (unpaired) electrons. The van der Waals surface area contributed by atoms with E-state index in [-0.39, 0.29) is 0 Å². The second-order valence-electron chi connectivity index (χ2n) is 3.25. The van der Waals surface area contributed by atoms with Crippen molar-refractivity contribution in [1.29, 1.82) is 0 Å². The molecule has 1 aromatic heterocycles. The van der Waals surface area contributed by atoms with Gasteiger partial charge in [-0.05, 0) is 40.2 Å². The smallest absolute Gasteiger partial charge is 0.151 e. The number of pyridine rings is 1. The van der Waals surface area contributed by atoms with Crippen LogP contribution in [-0.4, -0.2) is 11.3 Å². The van der Waals surface area contributed by atoms with E-state index < -0.39 is 0 Å². The van der Waals surface area contributed by atoms with E-state index in [1.165, 1.54) is 12.4 Å². The van der Waals surface area contributed by atoms with Crippen LogP contribution < -0.4 is 4.74 Å². The van der Waals surface area contributed by atoms with Gasteiger partial charge in [0.25, 0.3) is 0 Å². The van der Waals surface area contributed by atoms with Gasteiger partial charge in [-0.2, -0.15) is 0 Å². The molecule has 0 saturated heterocycles. The van der Waals surface area contributed by atoms with Gasteiger partial charge in [0.05, 0.1) is 10.7 Å². The van der Waals surface area contributed by atoms with Crippen LogP contribution in [0.15, 0.2) is 41.1 Å². The first-order valence-electron chi connectivity index (χ1n) is 4.72. The van der Waals surface area contributed by atoms with Crippen LogP contribution in [0, 0.1) is 0 Å². The lowest BCUT2D eigenvalue weighted by atomic mass is 10.3. The molecule has 1 heterocycles. The van der Waals surface area contributed by atoms with Gasteiger partial charge >= 0.3 is 0 Å². The monoisotopic (exact) mass is 311 g/mol. The summed E-state index contributed by atoms with van der Waals surface area (Å²) in [6, 6.07) is 6.80. The molecule has 3 nitrogen and oxygen atoms in total. The summed E-state index contributed by atoms with van der Waals surface area (Å²) >= 11 is 9.16. The fourth-order valence-corrected chi connectivity index (χ4v) is 2.00. The Morgan fingerprint density at radius 1 is 1.29 bits per heavy atom. The standard InChI is InChI=1S/C12H7BrClNO2/c13-11-4-9(14)1-2-12(11)17-10-3-8(7-16)5-15-6-10/h1-7H. The van der Waals surface area contributed by atoms with Crippen molar-refractivity contribution in [2.24, 2.45) is 0 Å². The maximum atomic E-state index is 10.6. The number of rotatable bonds is 3. The fraction of sp³-hybridized carbons (Fsp3) is 0. The van der Waals surface area contributed by atoms with Crippen LogP contribution in [0.4, 0.5) is 0 Å². The number of hydrogen-bond donors (Lipinski definition) is 0. The SMILES string of the molecule is O=Cc1cncc(Oc2ccc(Cl)cc2Br)c1. The largest absolute Gasteiger partial charge is 0.455 e. The zero-order valence-electron chi connectivity index (χ0n) is 8.56. The minimum Gasteiger partial charge on any atom is -0.455 e. The third kappa shape index (κ3) is 3.05.